The highest BCUT2D eigenvalue weighted by molar-refractivity contribution is 6.31. The second-order valence-electron chi connectivity index (χ2n) is 6.93. The molecule has 1 saturated heterocycles. The number of pyridine rings is 1. The van der Waals surface area contributed by atoms with Crippen molar-refractivity contribution in [2.75, 3.05) is 24.5 Å². The minimum absolute atomic E-state index is 0.366. The van der Waals surface area contributed by atoms with Crippen LogP contribution in [-0.4, -0.2) is 34.6 Å². The SMILES string of the molecule is Cc1c(Cl)cnc(N2CCC(c3ncc4c(n3)CCNC4)CC2)c1C#N. The number of piperidine rings is 1. The molecule has 1 N–H and O–H groups in total. The molecule has 2 aromatic heterocycles. The zero-order valence-corrected chi connectivity index (χ0v) is 15.6. The Morgan fingerprint density at radius 3 is 2.85 bits per heavy atom. The van der Waals surface area contributed by atoms with Crippen molar-refractivity contribution in [3.63, 3.8) is 0 Å². The average Bonchev–Trinajstić information content (AvgIpc) is 2.69. The van der Waals surface area contributed by atoms with Crippen LogP contribution in [0.25, 0.3) is 0 Å². The van der Waals surface area contributed by atoms with Gasteiger partial charge in [-0.3, -0.25) is 0 Å². The number of nitrogens with one attached hydrogen (secondary N) is 1. The summed E-state index contributed by atoms with van der Waals surface area (Å²) in [7, 11) is 0. The summed E-state index contributed by atoms with van der Waals surface area (Å²) in [5.74, 6) is 2.07. The minimum Gasteiger partial charge on any atom is -0.355 e. The first kappa shape index (κ1) is 17.2. The molecular weight excluding hydrogens is 348 g/mol. The molecule has 0 bridgehead atoms. The molecule has 0 aliphatic carbocycles. The highest BCUT2D eigenvalue weighted by atomic mass is 35.5. The molecule has 134 valence electrons. The highest BCUT2D eigenvalue weighted by Crippen LogP contribution is 2.32. The molecule has 7 heteroatoms. The van der Waals surface area contributed by atoms with Crippen LogP contribution < -0.4 is 10.2 Å². The molecular formula is C19H21ClN6. The first-order valence-electron chi connectivity index (χ1n) is 9.03. The standard InChI is InChI=1S/C19H21ClN6/c1-12-15(8-21)19(24-11-16(12)20)26-6-3-13(4-7-26)18-23-10-14-9-22-5-2-17(14)25-18/h10-11,13,22H,2-7,9H2,1H3. The number of hydrogen-bond donors (Lipinski definition) is 1. The van der Waals surface area contributed by atoms with Crippen molar-refractivity contribution in [2.45, 2.75) is 38.6 Å². The quantitative estimate of drug-likeness (QED) is 0.878. The van der Waals surface area contributed by atoms with Crippen LogP contribution in [0.3, 0.4) is 0 Å². The molecule has 0 unspecified atom stereocenters. The van der Waals surface area contributed by atoms with Gasteiger partial charge in [-0.05, 0) is 25.3 Å². The molecule has 0 saturated carbocycles. The van der Waals surface area contributed by atoms with Crippen LogP contribution in [0.15, 0.2) is 12.4 Å². The van der Waals surface area contributed by atoms with Gasteiger partial charge >= 0.3 is 0 Å². The molecule has 2 aliphatic rings. The first-order valence-corrected chi connectivity index (χ1v) is 9.40. The number of anilines is 1. The van der Waals surface area contributed by atoms with Crippen LogP contribution in [0.2, 0.25) is 5.02 Å². The van der Waals surface area contributed by atoms with Gasteiger partial charge in [0.2, 0.25) is 0 Å². The van der Waals surface area contributed by atoms with E-state index in [9.17, 15) is 5.26 Å². The summed E-state index contributed by atoms with van der Waals surface area (Å²) in [6.07, 6.45) is 6.52. The maximum absolute atomic E-state index is 9.50. The summed E-state index contributed by atoms with van der Waals surface area (Å²) in [5, 5.41) is 13.4. The van der Waals surface area contributed by atoms with Crippen LogP contribution >= 0.6 is 11.6 Å². The van der Waals surface area contributed by atoms with Crippen molar-refractivity contribution in [1.29, 1.82) is 5.26 Å². The predicted octanol–water partition coefficient (Wildman–Crippen LogP) is 2.73. The molecule has 4 rings (SSSR count). The van der Waals surface area contributed by atoms with Gasteiger partial charge in [-0.2, -0.15) is 5.26 Å². The van der Waals surface area contributed by atoms with E-state index in [0.29, 0.717) is 16.5 Å². The molecule has 2 aromatic rings. The van der Waals surface area contributed by atoms with E-state index in [4.69, 9.17) is 16.6 Å². The normalized spacial score (nSPS) is 17.7. The average molecular weight is 369 g/mol. The first-order chi connectivity index (χ1) is 12.7. The van der Waals surface area contributed by atoms with E-state index < -0.39 is 0 Å². The van der Waals surface area contributed by atoms with Gasteiger partial charge in [-0.15, -0.1) is 0 Å². The number of nitriles is 1. The van der Waals surface area contributed by atoms with Crippen LogP contribution in [0, 0.1) is 18.3 Å². The number of nitrogens with zero attached hydrogens (tertiary/aromatic N) is 5. The lowest BCUT2D eigenvalue weighted by molar-refractivity contribution is 0.478. The molecule has 2 aliphatic heterocycles. The monoisotopic (exact) mass is 368 g/mol. The fraction of sp³-hybridized carbons (Fsp3) is 0.474. The van der Waals surface area contributed by atoms with Crippen molar-refractivity contribution >= 4 is 17.4 Å². The number of hydrogen-bond acceptors (Lipinski definition) is 6. The molecule has 6 nitrogen and oxygen atoms in total. The number of aromatic nitrogens is 3. The summed E-state index contributed by atoms with van der Waals surface area (Å²) in [5.41, 5.74) is 3.79. The van der Waals surface area contributed by atoms with E-state index in [1.807, 2.05) is 13.1 Å². The lowest BCUT2D eigenvalue weighted by atomic mass is 9.95. The number of halogens is 1. The summed E-state index contributed by atoms with van der Waals surface area (Å²) in [6.45, 7) is 5.41. The van der Waals surface area contributed by atoms with Crippen LogP contribution in [-0.2, 0) is 13.0 Å². The fourth-order valence-corrected chi connectivity index (χ4v) is 3.88. The smallest absolute Gasteiger partial charge is 0.146 e. The van der Waals surface area contributed by atoms with Crippen LogP contribution in [0.1, 0.15) is 47.0 Å². The van der Waals surface area contributed by atoms with E-state index in [-0.39, 0.29) is 0 Å². The maximum Gasteiger partial charge on any atom is 0.146 e. The molecule has 1 fully saturated rings. The van der Waals surface area contributed by atoms with Gasteiger partial charge in [0.05, 0.1) is 10.6 Å². The molecule has 0 radical (unpaired) electrons. The second-order valence-corrected chi connectivity index (χ2v) is 7.34. The Kier molecular flexibility index (Phi) is 4.75. The molecule has 0 spiro atoms. The zero-order valence-electron chi connectivity index (χ0n) is 14.8. The van der Waals surface area contributed by atoms with Gasteiger partial charge in [-0.1, -0.05) is 11.6 Å². The van der Waals surface area contributed by atoms with Crippen molar-refractivity contribution in [1.82, 2.24) is 20.3 Å². The largest absolute Gasteiger partial charge is 0.355 e. The Balaban J connectivity index is 1.50. The third-order valence-electron chi connectivity index (χ3n) is 5.36. The highest BCUT2D eigenvalue weighted by Gasteiger charge is 2.26. The fourth-order valence-electron chi connectivity index (χ4n) is 3.74. The number of fused-ring (bicyclic) bond motifs is 1. The Labute approximate surface area is 158 Å². The topological polar surface area (TPSA) is 77.7 Å². The van der Waals surface area contributed by atoms with E-state index in [0.717, 1.165) is 62.6 Å². The third kappa shape index (κ3) is 3.13. The molecule has 4 heterocycles. The second kappa shape index (κ2) is 7.18. The van der Waals surface area contributed by atoms with Crippen molar-refractivity contribution < 1.29 is 0 Å². The Morgan fingerprint density at radius 1 is 1.27 bits per heavy atom. The van der Waals surface area contributed by atoms with Gasteiger partial charge in [0, 0.05) is 62.2 Å². The minimum atomic E-state index is 0.366. The van der Waals surface area contributed by atoms with E-state index >= 15 is 0 Å². The Bertz CT molecular complexity index is 867. The summed E-state index contributed by atoms with van der Waals surface area (Å²) in [4.78, 5) is 16.1. The van der Waals surface area contributed by atoms with Crippen molar-refractivity contribution in [3.05, 3.63) is 45.6 Å². The van der Waals surface area contributed by atoms with E-state index in [1.165, 1.54) is 11.3 Å². The molecule has 26 heavy (non-hydrogen) atoms. The van der Waals surface area contributed by atoms with Gasteiger partial charge in [-0.25, -0.2) is 15.0 Å². The summed E-state index contributed by atoms with van der Waals surface area (Å²) in [6, 6.07) is 2.26. The third-order valence-corrected chi connectivity index (χ3v) is 5.74. The molecule has 0 aromatic carbocycles. The summed E-state index contributed by atoms with van der Waals surface area (Å²) >= 11 is 6.11. The van der Waals surface area contributed by atoms with E-state index in [2.05, 4.69) is 26.3 Å². The van der Waals surface area contributed by atoms with Gasteiger partial charge < -0.3 is 10.2 Å². The molecule has 0 amide bonds. The van der Waals surface area contributed by atoms with E-state index in [1.54, 1.807) is 6.20 Å². The van der Waals surface area contributed by atoms with Gasteiger partial charge in [0.15, 0.2) is 0 Å². The Morgan fingerprint density at radius 2 is 2.08 bits per heavy atom. The van der Waals surface area contributed by atoms with Crippen LogP contribution in [0.4, 0.5) is 5.82 Å². The Hall–Kier alpha value is -2.23. The molecule has 0 atom stereocenters. The lowest BCUT2D eigenvalue weighted by Gasteiger charge is -2.33. The van der Waals surface area contributed by atoms with Crippen LogP contribution in [0.5, 0.6) is 0 Å². The lowest BCUT2D eigenvalue weighted by Crippen LogP contribution is -2.35. The van der Waals surface area contributed by atoms with Gasteiger partial charge in [0.25, 0.3) is 0 Å². The summed E-state index contributed by atoms with van der Waals surface area (Å²) < 4.78 is 0. The predicted molar refractivity (Wildman–Crippen MR) is 100 cm³/mol. The van der Waals surface area contributed by atoms with Crippen molar-refractivity contribution in [3.8, 4) is 6.07 Å². The zero-order chi connectivity index (χ0) is 18.1. The van der Waals surface area contributed by atoms with Gasteiger partial charge in [0.1, 0.15) is 17.7 Å². The van der Waals surface area contributed by atoms with Crippen molar-refractivity contribution in [2.24, 2.45) is 0 Å². The number of rotatable bonds is 2. The maximum atomic E-state index is 9.50.